The molecule has 31 heavy (non-hydrogen) atoms. The molecule has 0 aromatic rings. The SMILES string of the molecule is C=CCC1(CC=C)N(C)C(CC=C)(CC=C)[N+](CC=C)(CC=C)C1(CC=C)CC=C.[Cl-]. The second kappa shape index (κ2) is 12.2. The molecule has 1 rings (SSSR count). The van der Waals surface area contributed by atoms with Crippen molar-refractivity contribution in [1.29, 1.82) is 0 Å². The van der Waals surface area contributed by atoms with E-state index in [4.69, 9.17) is 0 Å². The Labute approximate surface area is 198 Å². The molecule has 0 N–H and O–H groups in total. The average Bonchev–Trinajstić information content (AvgIpc) is 2.82. The molecule has 0 aliphatic carbocycles. The summed E-state index contributed by atoms with van der Waals surface area (Å²) in [6, 6.07) is 0. The van der Waals surface area contributed by atoms with Crippen LogP contribution in [0.3, 0.4) is 0 Å². The van der Waals surface area contributed by atoms with E-state index in [1.807, 2.05) is 12.2 Å². The van der Waals surface area contributed by atoms with Crippen molar-refractivity contribution in [2.45, 2.75) is 55.3 Å². The van der Waals surface area contributed by atoms with Crippen LogP contribution in [0.5, 0.6) is 0 Å². The van der Waals surface area contributed by atoms with E-state index in [1.165, 1.54) is 0 Å². The molecule has 1 saturated heterocycles. The molecule has 0 amide bonds. The van der Waals surface area contributed by atoms with Crippen LogP contribution in [0.1, 0.15) is 38.5 Å². The van der Waals surface area contributed by atoms with Crippen molar-refractivity contribution in [2.75, 3.05) is 20.1 Å². The fraction of sp³-hybridized carbons (Fsp3) is 0.429. The Morgan fingerprint density at radius 1 is 0.581 bits per heavy atom. The standard InChI is InChI=1S/C28H43N2.ClH/c1-10-18-26(19-11-2)27(20-12-3,21-13-4)30(24-16-7,25-17-8)28(22-14-5,23-15-6)29(26)9;/h10-17H,1-8,18-25H2,9H3;1H/q+1;/p-1. The first kappa shape index (κ1) is 29.1. The highest BCUT2D eigenvalue weighted by atomic mass is 35.5. The van der Waals surface area contributed by atoms with Crippen molar-refractivity contribution in [2.24, 2.45) is 0 Å². The van der Waals surface area contributed by atoms with Gasteiger partial charge in [0, 0.05) is 25.7 Å². The molecule has 2 nitrogen and oxygen atoms in total. The monoisotopic (exact) mass is 442 g/mol. The summed E-state index contributed by atoms with van der Waals surface area (Å²) in [6.07, 6.45) is 21.4. The van der Waals surface area contributed by atoms with Crippen LogP contribution in [0.2, 0.25) is 0 Å². The van der Waals surface area contributed by atoms with Crippen LogP contribution >= 0.6 is 0 Å². The van der Waals surface area contributed by atoms with Gasteiger partial charge < -0.3 is 12.4 Å². The summed E-state index contributed by atoms with van der Waals surface area (Å²) in [5.41, 5.74) is -0.705. The third kappa shape index (κ3) is 4.02. The van der Waals surface area contributed by atoms with Crippen LogP contribution < -0.4 is 12.4 Å². The molecule has 0 atom stereocenters. The highest BCUT2D eigenvalue weighted by molar-refractivity contribution is 5.24. The van der Waals surface area contributed by atoms with Crippen LogP contribution in [-0.4, -0.2) is 46.3 Å². The van der Waals surface area contributed by atoms with Crippen molar-refractivity contribution < 1.29 is 16.9 Å². The van der Waals surface area contributed by atoms with Crippen molar-refractivity contribution in [3.8, 4) is 0 Å². The van der Waals surface area contributed by atoms with Gasteiger partial charge in [-0.2, -0.15) is 0 Å². The Morgan fingerprint density at radius 2 is 0.935 bits per heavy atom. The maximum absolute atomic E-state index is 4.18. The summed E-state index contributed by atoms with van der Waals surface area (Å²) in [7, 11) is 2.26. The first-order chi connectivity index (χ1) is 14.4. The Hall–Kier alpha value is -1.87. The summed E-state index contributed by atoms with van der Waals surface area (Å²) < 4.78 is 0.779. The second-order valence-corrected chi connectivity index (χ2v) is 8.47. The fourth-order valence-electron chi connectivity index (χ4n) is 6.67. The smallest absolute Gasteiger partial charge is 0.163 e. The molecule has 0 saturated carbocycles. The maximum atomic E-state index is 4.18. The lowest BCUT2D eigenvalue weighted by molar-refractivity contribution is -1.00. The normalized spacial score (nSPS) is 19.9. The van der Waals surface area contributed by atoms with Gasteiger partial charge in [0.25, 0.3) is 0 Å². The van der Waals surface area contributed by atoms with Gasteiger partial charge in [0.15, 0.2) is 5.66 Å². The predicted octanol–water partition coefficient (Wildman–Crippen LogP) is 3.76. The van der Waals surface area contributed by atoms with Gasteiger partial charge in [0.1, 0.15) is 5.54 Å². The van der Waals surface area contributed by atoms with Gasteiger partial charge in [0.05, 0.1) is 18.6 Å². The van der Waals surface area contributed by atoms with E-state index in [9.17, 15) is 0 Å². The molecule has 0 spiro atoms. The Bertz CT molecular complexity index is 589. The van der Waals surface area contributed by atoms with Gasteiger partial charge in [-0.15, -0.1) is 39.5 Å². The summed E-state index contributed by atoms with van der Waals surface area (Å²) in [5.74, 6) is 0. The minimum absolute atomic E-state index is 0. The van der Waals surface area contributed by atoms with Gasteiger partial charge in [-0.1, -0.05) is 49.6 Å². The molecule has 1 fully saturated rings. The van der Waals surface area contributed by atoms with E-state index in [0.717, 1.165) is 56.1 Å². The molecule has 1 heterocycles. The molecule has 0 aromatic heterocycles. The van der Waals surface area contributed by atoms with E-state index < -0.39 is 0 Å². The number of hydrogen-bond donors (Lipinski definition) is 0. The Balaban J connectivity index is 0.00000900. The number of rotatable bonds is 16. The van der Waals surface area contributed by atoms with E-state index in [1.54, 1.807) is 0 Å². The zero-order valence-corrected chi connectivity index (χ0v) is 20.5. The van der Waals surface area contributed by atoms with E-state index in [2.05, 4.69) is 101 Å². The Kier molecular flexibility index (Phi) is 11.5. The van der Waals surface area contributed by atoms with Gasteiger partial charge in [-0.3, -0.25) is 4.48 Å². The molecule has 172 valence electrons. The van der Waals surface area contributed by atoms with Gasteiger partial charge in [0.2, 0.25) is 0 Å². The number of nitrogens with zero attached hydrogens (tertiary/aromatic N) is 2. The molecule has 0 aromatic carbocycles. The summed E-state index contributed by atoms with van der Waals surface area (Å²) >= 11 is 0. The van der Waals surface area contributed by atoms with Crippen LogP contribution in [0.4, 0.5) is 0 Å². The lowest BCUT2D eigenvalue weighted by Crippen LogP contribution is -3.00. The third-order valence-corrected chi connectivity index (χ3v) is 7.50. The van der Waals surface area contributed by atoms with Crippen molar-refractivity contribution in [3.05, 3.63) is 101 Å². The number of halogens is 1. The molecular weight excluding hydrogens is 400 g/mol. The number of quaternary nitrogens is 1. The largest absolute Gasteiger partial charge is 1.00 e. The fourth-order valence-corrected chi connectivity index (χ4v) is 6.67. The second-order valence-electron chi connectivity index (χ2n) is 8.47. The Morgan fingerprint density at radius 3 is 1.23 bits per heavy atom. The quantitative estimate of drug-likeness (QED) is 0.260. The molecule has 0 unspecified atom stereocenters. The van der Waals surface area contributed by atoms with Crippen LogP contribution in [-0.2, 0) is 0 Å². The van der Waals surface area contributed by atoms with Crippen LogP contribution in [0.15, 0.2) is 101 Å². The molecule has 1 aliphatic rings. The summed E-state index contributed by atoms with van der Waals surface area (Å²) in [5, 5.41) is 0. The zero-order chi connectivity index (χ0) is 22.9. The minimum Gasteiger partial charge on any atom is -1.00 e. The van der Waals surface area contributed by atoms with Crippen LogP contribution in [0, 0.1) is 0 Å². The van der Waals surface area contributed by atoms with Crippen molar-refractivity contribution in [3.63, 3.8) is 0 Å². The van der Waals surface area contributed by atoms with E-state index >= 15 is 0 Å². The topological polar surface area (TPSA) is 3.24 Å². The number of likely N-dealkylation sites (N-methyl/N-ethyl adjacent to an activating group) is 1. The molecular formula is C28H43ClN2. The van der Waals surface area contributed by atoms with Crippen LogP contribution in [0.25, 0.3) is 0 Å². The maximum Gasteiger partial charge on any atom is 0.163 e. The predicted molar refractivity (Wildman–Crippen MR) is 135 cm³/mol. The van der Waals surface area contributed by atoms with Crippen molar-refractivity contribution in [1.82, 2.24) is 4.90 Å². The lowest BCUT2D eigenvalue weighted by atomic mass is 9.67. The van der Waals surface area contributed by atoms with Gasteiger partial charge >= 0.3 is 0 Å². The zero-order valence-electron chi connectivity index (χ0n) is 19.7. The molecule has 1 aliphatic heterocycles. The molecule has 0 bridgehead atoms. The van der Waals surface area contributed by atoms with Gasteiger partial charge in [-0.05, 0) is 32.0 Å². The third-order valence-electron chi connectivity index (χ3n) is 7.50. The number of hydrogen-bond acceptors (Lipinski definition) is 1. The highest BCUT2D eigenvalue weighted by Gasteiger charge is 2.77. The summed E-state index contributed by atoms with van der Waals surface area (Å²) in [4.78, 5) is 2.59. The molecule has 0 radical (unpaired) electrons. The van der Waals surface area contributed by atoms with Crippen molar-refractivity contribution >= 4 is 0 Å². The molecule has 3 heteroatoms. The van der Waals surface area contributed by atoms with E-state index in [-0.39, 0.29) is 29.1 Å². The first-order valence-electron chi connectivity index (χ1n) is 10.9. The van der Waals surface area contributed by atoms with Gasteiger partial charge in [-0.25, -0.2) is 4.90 Å². The summed E-state index contributed by atoms with van der Waals surface area (Å²) in [6.45, 7) is 34.9. The highest BCUT2D eigenvalue weighted by Crippen LogP contribution is 2.62. The lowest BCUT2D eigenvalue weighted by Gasteiger charge is -2.57. The van der Waals surface area contributed by atoms with E-state index in [0.29, 0.717) is 0 Å². The first-order valence-corrected chi connectivity index (χ1v) is 10.9. The average molecular weight is 443 g/mol. The minimum atomic E-state index is -0.260.